The summed E-state index contributed by atoms with van der Waals surface area (Å²) in [4.78, 5) is 29.6. The normalized spacial score (nSPS) is 19.9. The number of ether oxygens (including phenoxy) is 1. The Labute approximate surface area is 169 Å². The molecule has 4 rings (SSSR count). The van der Waals surface area contributed by atoms with Crippen LogP contribution in [-0.2, 0) is 17.6 Å². The number of methoxy groups -OCH3 is 1. The maximum absolute atomic E-state index is 12.7. The second-order valence-electron chi connectivity index (χ2n) is 7.56. The van der Waals surface area contributed by atoms with E-state index in [0.29, 0.717) is 11.8 Å². The van der Waals surface area contributed by atoms with Gasteiger partial charge in [-0.05, 0) is 38.0 Å². The summed E-state index contributed by atoms with van der Waals surface area (Å²) in [5.41, 5.74) is 1.19. The molecule has 1 aliphatic heterocycles. The van der Waals surface area contributed by atoms with E-state index in [1.165, 1.54) is 23.4 Å². The van der Waals surface area contributed by atoms with Crippen molar-refractivity contribution in [2.45, 2.75) is 45.4 Å². The number of anilines is 2. The van der Waals surface area contributed by atoms with Gasteiger partial charge < -0.3 is 15.0 Å². The molecule has 0 spiro atoms. The molecule has 2 aromatic rings. The zero-order valence-electron chi connectivity index (χ0n) is 16.5. The van der Waals surface area contributed by atoms with Crippen LogP contribution in [0.2, 0.25) is 0 Å². The third-order valence-electron chi connectivity index (χ3n) is 5.82. The number of carbonyl (C=O) groups is 1. The minimum atomic E-state index is 0.00572. The Morgan fingerprint density at radius 3 is 2.89 bits per heavy atom. The van der Waals surface area contributed by atoms with Gasteiger partial charge in [0.05, 0.1) is 12.8 Å². The molecule has 2 aliphatic rings. The van der Waals surface area contributed by atoms with Gasteiger partial charge in [-0.3, -0.25) is 4.79 Å². The van der Waals surface area contributed by atoms with Crippen LogP contribution in [0.25, 0.3) is 0 Å². The van der Waals surface area contributed by atoms with Crippen molar-refractivity contribution in [3.05, 3.63) is 22.8 Å². The lowest BCUT2D eigenvalue weighted by Gasteiger charge is -2.31. The Hall–Kier alpha value is -2.22. The molecule has 150 valence electrons. The molecule has 1 fully saturated rings. The van der Waals surface area contributed by atoms with E-state index in [1.807, 2.05) is 0 Å². The maximum atomic E-state index is 12.7. The molecule has 0 radical (unpaired) electrons. The molecule has 0 saturated carbocycles. The molecule has 2 aromatic heterocycles. The molecule has 28 heavy (non-hydrogen) atoms. The summed E-state index contributed by atoms with van der Waals surface area (Å²) in [5, 5.41) is 3.84. The van der Waals surface area contributed by atoms with Crippen LogP contribution in [0.15, 0.2) is 12.3 Å². The Bertz CT molecular complexity index is 832. The number of thiazole rings is 1. The number of aryl methyl sites for hydroxylation is 1. The van der Waals surface area contributed by atoms with Crippen molar-refractivity contribution >= 4 is 28.3 Å². The van der Waals surface area contributed by atoms with Crippen LogP contribution in [-0.4, -0.2) is 41.1 Å². The van der Waals surface area contributed by atoms with Crippen molar-refractivity contribution in [3.63, 3.8) is 0 Å². The highest BCUT2D eigenvalue weighted by Crippen LogP contribution is 2.34. The highest BCUT2D eigenvalue weighted by molar-refractivity contribution is 7.15. The molecular formula is C20H27N5O2S. The van der Waals surface area contributed by atoms with Gasteiger partial charge in [0.15, 0.2) is 5.13 Å². The van der Waals surface area contributed by atoms with E-state index in [9.17, 15) is 4.79 Å². The Morgan fingerprint density at radius 1 is 1.32 bits per heavy atom. The van der Waals surface area contributed by atoms with Gasteiger partial charge in [-0.1, -0.05) is 13.3 Å². The second kappa shape index (κ2) is 8.43. The summed E-state index contributed by atoms with van der Waals surface area (Å²) in [6.45, 7) is 3.78. The molecule has 1 aliphatic carbocycles. The summed E-state index contributed by atoms with van der Waals surface area (Å²) in [7, 11) is 1.60. The molecule has 1 unspecified atom stereocenters. The predicted molar refractivity (Wildman–Crippen MR) is 110 cm³/mol. The van der Waals surface area contributed by atoms with Gasteiger partial charge in [0, 0.05) is 36.1 Å². The lowest BCUT2D eigenvalue weighted by atomic mass is 9.89. The molecule has 3 heterocycles. The zero-order chi connectivity index (χ0) is 19.5. The zero-order valence-corrected chi connectivity index (χ0v) is 17.3. The number of rotatable bonds is 5. The second-order valence-corrected chi connectivity index (χ2v) is 8.64. The third-order valence-corrected chi connectivity index (χ3v) is 6.86. The highest BCUT2D eigenvalue weighted by atomic mass is 32.1. The van der Waals surface area contributed by atoms with E-state index in [2.05, 4.69) is 32.1 Å². The van der Waals surface area contributed by atoms with Gasteiger partial charge >= 0.3 is 0 Å². The van der Waals surface area contributed by atoms with Crippen molar-refractivity contribution in [2.75, 3.05) is 30.4 Å². The molecule has 8 heteroatoms. The quantitative estimate of drug-likeness (QED) is 0.828. The van der Waals surface area contributed by atoms with E-state index in [4.69, 9.17) is 4.74 Å². The number of carbonyl (C=O) groups excluding carboxylic acids is 1. The SMILES string of the molecule is CCC1CCc2nc(NC(=O)C3CCN(c4nccc(OC)n4)CC3)sc2C1. The highest BCUT2D eigenvalue weighted by Gasteiger charge is 2.28. The number of nitrogens with zero attached hydrogens (tertiary/aromatic N) is 4. The first-order valence-corrected chi connectivity index (χ1v) is 10.9. The van der Waals surface area contributed by atoms with Gasteiger partial charge in [0.1, 0.15) is 0 Å². The third kappa shape index (κ3) is 4.11. The van der Waals surface area contributed by atoms with Crippen molar-refractivity contribution in [2.24, 2.45) is 11.8 Å². The molecular weight excluding hydrogens is 374 g/mol. The van der Waals surface area contributed by atoms with Crippen molar-refractivity contribution in [1.29, 1.82) is 0 Å². The summed E-state index contributed by atoms with van der Waals surface area (Å²) in [5.74, 6) is 2.08. The standard InChI is InChI=1S/C20H27N5O2S/c1-3-13-4-5-15-16(12-13)28-20(22-15)24-18(26)14-7-10-25(11-8-14)19-21-9-6-17(23-19)27-2/h6,9,13-14H,3-5,7-8,10-12H2,1-2H3,(H,22,24,26). The Kier molecular flexibility index (Phi) is 5.75. The van der Waals surface area contributed by atoms with Crippen molar-refractivity contribution in [1.82, 2.24) is 15.0 Å². The van der Waals surface area contributed by atoms with Gasteiger partial charge in [-0.15, -0.1) is 11.3 Å². The first kappa shape index (κ1) is 19.1. The van der Waals surface area contributed by atoms with Gasteiger partial charge in [0.2, 0.25) is 17.7 Å². The fraction of sp³-hybridized carbons (Fsp3) is 0.600. The smallest absolute Gasteiger partial charge is 0.229 e. The van der Waals surface area contributed by atoms with E-state index in [1.54, 1.807) is 30.7 Å². The summed E-state index contributed by atoms with van der Waals surface area (Å²) in [6, 6.07) is 1.74. The summed E-state index contributed by atoms with van der Waals surface area (Å²) in [6.07, 6.45) is 7.86. The summed E-state index contributed by atoms with van der Waals surface area (Å²) >= 11 is 1.66. The monoisotopic (exact) mass is 401 g/mol. The number of hydrogen-bond donors (Lipinski definition) is 1. The number of aromatic nitrogens is 3. The van der Waals surface area contributed by atoms with E-state index < -0.39 is 0 Å². The Morgan fingerprint density at radius 2 is 2.14 bits per heavy atom. The first-order valence-electron chi connectivity index (χ1n) is 10.1. The van der Waals surface area contributed by atoms with Crippen LogP contribution in [0.5, 0.6) is 5.88 Å². The number of fused-ring (bicyclic) bond motifs is 1. The summed E-state index contributed by atoms with van der Waals surface area (Å²) < 4.78 is 5.17. The fourth-order valence-electron chi connectivity index (χ4n) is 3.99. The predicted octanol–water partition coefficient (Wildman–Crippen LogP) is 3.31. The lowest BCUT2D eigenvalue weighted by Crippen LogP contribution is -2.39. The molecule has 1 atom stereocenters. The van der Waals surface area contributed by atoms with Crippen LogP contribution < -0.4 is 15.0 Å². The van der Waals surface area contributed by atoms with E-state index in [0.717, 1.165) is 49.8 Å². The minimum Gasteiger partial charge on any atom is -0.481 e. The fourth-order valence-corrected chi connectivity index (χ4v) is 5.12. The number of amides is 1. The van der Waals surface area contributed by atoms with Gasteiger partial charge in [0.25, 0.3) is 0 Å². The van der Waals surface area contributed by atoms with Gasteiger partial charge in [-0.25, -0.2) is 9.97 Å². The molecule has 1 N–H and O–H groups in total. The molecule has 7 nitrogen and oxygen atoms in total. The number of nitrogens with one attached hydrogen (secondary N) is 1. The molecule has 1 saturated heterocycles. The van der Waals surface area contributed by atoms with Crippen LogP contribution in [0.1, 0.15) is 43.2 Å². The first-order chi connectivity index (χ1) is 13.7. The van der Waals surface area contributed by atoms with Gasteiger partial charge in [-0.2, -0.15) is 4.98 Å². The minimum absolute atomic E-state index is 0.00572. The largest absolute Gasteiger partial charge is 0.481 e. The van der Waals surface area contributed by atoms with Crippen LogP contribution in [0, 0.1) is 11.8 Å². The van der Waals surface area contributed by atoms with Crippen LogP contribution in [0.3, 0.4) is 0 Å². The van der Waals surface area contributed by atoms with Crippen molar-refractivity contribution < 1.29 is 9.53 Å². The molecule has 0 bridgehead atoms. The maximum Gasteiger partial charge on any atom is 0.229 e. The molecule has 0 aromatic carbocycles. The number of piperidine rings is 1. The van der Waals surface area contributed by atoms with Crippen LogP contribution >= 0.6 is 11.3 Å². The molecule has 1 amide bonds. The lowest BCUT2D eigenvalue weighted by molar-refractivity contribution is -0.120. The van der Waals surface area contributed by atoms with E-state index in [-0.39, 0.29) is 11.8 Å². The average molecular weight is 402 g/mol. The average Bonchev–Trinajstić information content (AvgIpc) is 3.15. The number of hydrogen-bond acceptors (Lipinski definition) is 7. The topological polar surface area (TPSA) is 80.2 Å². The van der Waals surface area contributed by atoms with E-state index >= 15 is 0 Å². The van der Waals surface area contributed by atoms with Crippen LogP contribution in [0.4, 0.5) is 11.1 Å². The van der Waals surface area contributed by atoms with Crippen molar-refractivity contribution in [3.8, 4) is 5.88 Å². The Balaban J connectivity index is 1.33.